The van der Waals surface area contributed by atoms with E-state index in [0.29, 0.717) is 24.4 Å². The van der Waals surface area contributed by atoms with Gasteiger partial charge in [-0.25, -0.2) is 13.2 Å². The smallest absolute Gasteiger partial charge is 0.345 e. The first-order valence-corrected chi connectivity index (χ1v) is 8.56. The third-order valence-electron chi connectivity index (χ3n) is 3.00. The molecule has 0 radical (unpaired) electrons. The lowest BCUT2D eigenvalue weighted by atomic mass is 10.2. The molecule has 0 saturated carbocycles. The lowest BCUT2D eigenvalue weighted by molar-refractivity contribution is -0.119. The summed E-state index contributed by atoms with van der Waals surface area (Å²) in [6.45, 7) is 0.335. The Labute approximate surface area is 120 Å². The second-order valence-electron chi connectivity index (χ2n) is 4.49. The number of nitrogens with one attached hydrogen (secondary N) is 1. The molecule has 20 heavy (non-hydrogen) atoms. The van der Waals surface area contributed by atoms with E-state index in [1.165, 1.54) is 16.4 Å². The van der Waals surface area contributed by atoms with Gasteiger partial charge in [-0.3, -0.25) is 4.79 Å². The number of nitrogens with zero attached hydrogens (tertiary/aromatic N) is 1. The highest BCUT2D eigenvalue weighted by Gasteiger charge is 2.36. The number of hydrogen-bond donors (Lipinski definition) is 2. The summed E-state index contributed by atoms with van der Waals surface area (Å²) in [5.74, 6) is -1.49. The lowest BCUT2D eigenvalue weighted by Gasteiger charge is -2.20. The fraction of sp³-hybridized carbons (Fsp3) is 0.455. The number of sulfonamides is 1. The van der Waals surface area contributed by atoms with E-state index in [1.807, 2.05) is 0 Å². The Balaban J connectivity index is 2.09. The predicted octanol–water partition coefficient (Wildman–Crippen LogP) is 0.809. The maximum absolute atomic E-state index is 12.1. The van der Waals surface area contributed by atoms with E-state index in [9.17, 15) is 18.0 Å². The van der Waals surface area contributed by atoms with Crippen LogP contribution in [0.15, 0.2) is 12.1 Å². The van der Waals surface area contributed by atoms with Crippen molar-refractivity contribution >= 4 is 38.2 Å². The van der Waals surface area contributed by atoms with Gasteiger partial charge >= 0.3 is 5.97 Å². The predicted molar refractivity (Wildman–Crippen MR) is 74.5 cm³/mol. The third kappa shape index (κ3) is 3.17. The van der Waals surface area contributed by atoms with E-state index < -0.39 is 27.9 Å². The fourth-order valence-electron chi connectivity index (χ4n) is 2.12. The van der Waals surface area contributed by atoms with Crippen LogP contribution in [0.4, 0.5) is 5.00 Å². The lowest BCUT2D eigenvalue weighted by Crippen LogP contribution is -2.42. The summed E-state index contributed by atoms with van der Waals surface area (Å²) in [5, 5.41) is 11.8. The summed E-state index contributed by atoms with van der Waals surface area (Å²) in [4.78, 5) is 23.0. The van der Waals surface area contributed by atoms with E-state index in [2.05, 4.69) is 5.32 Å². The quantitative estimate of drug-likeness (QED) is 0.855. The number of carbonyl (C=O) groups excluding carboxylic acids is 1. The van der Waals surface area contributed by atoms with Gasteiger partial charge in [-0.2, -0.15) is 4.31 Å². The molecule has 1 aromatic heterocycles. The SMILES string of the molecule is CS(=O)(=O)N1CCCC1C(=O)Nc1ccc(C(=O)O)s1. The summed E-state index contributed by atoms with van der Waals surface area (Å²) in [7, 11) is -3.42. The number of thiophene rings is 1. The highest BCUT2D eigenvalue weighted by molar-refractivity contribution is 7.88. The Morgan fingerprint density at radius 3 is 2.70 bits per heavy atom. The molecule has 1 aliphatic heterocycles. The van der Waals surface area contributed by atoms with Crippen molar-refractivity contribution in [2.24, 2.45) is 0 Å². The van der Waals surface area contributed by atoms with Crippen molar-refractivity contribution in [1.82, 2.24) is 4.31 Å². The third-order valence-corrected chi connectivity index (χ3v) is 5.27. The zero-order valence-corrected chi connectivity index (χ0v) is 12.3. The number of carboxylic acid groups (broad SMARTS) is 1. The minimum Gasteiger partial charge on any atom is -0.477 e. The van der Waals surface area contributed by atoms with Crippen LogP contribution in [0.1, 0.15) is 22.5 Å². The Morgan fingerprint density at radius 1 is 1.45 bits per heavy atom. The van der Waals surface area contributed by atoms with Gasteiger partial charge in [0, 0.05) is 6.54 Å². The molecular weight excluding hydrogens is 304 g/mol. The normalized spacial score (nSPS) is 19.9. The molecule has 9 heteroatoms. The standard InChI is InChI=1S/C11H14N2O5S2/c1-20(17,18)13-6-2-3-7(13)10(14)12-9-5-4-8(19-9)11(15)16/h4-5,7H,2-3,6H2,1H3,(H,12,14)(H,15,16). The summed E-state index contributed by atoms with van der Waals surface area (Å²) in [6, 6.07) is 2.16. The molecule has 1 unspecified atom stereocenters. The zero-order valence-electron chi connectivity index (χ0n) is 10.7. The van der Waals surface area contributed by atoms with E-state index >= 15 is 0 Å². The van der Waals surface area contributed by atoms with E-state index in [1.54, 1.807) is 0 Å². The minimum atomic E-state index is -3.42. The molecule has 7 nitrogen and oxygen atoms in total. The van der Waals surface area contributed by atoms with Gasteiger partial charge in [-0.05, 0) is 25.0 Å². The Bertz CT molecular complexity index is 637. The second-order valence-corrected chi connectivity index (χ2v) is 7.51. The van der Waals surface area contributed by atoms with Crippen molar-refractivity contribution in [3.8, 4) is 0 Å². The molecule has 0 spiro atoms. The summed E-state index contributed by atoms with van der Waals surface area (Å²) in [6.07, 6.45) is 2.18. The number of carbonyl (C=O) groups is 2. The van der Waals surface area contributed by atoms with Gasteiger partial charge in [0.1, 0.15) is 10.9 Å². The van der Waals surface area contributed by atoms with Crippen LogP contribution in [0.3, 0.4) is 0 Å². The first kappa shape index (κ1) is 14.9. The van der Waals surface area contributed by atoms with Crippen LogP contribution in [-0.4, -0.2) is 48.5 Å². The van der Waals surface area contributed by atoms with Crippen molar-refractivity contribution in [3.63, 3.8) is 0 Å². The van der Waals surface area contributed by atoms with Crippen molar-refractivity contribution in [2.75, 3.05) is 18.1 Å². The number of aromatic carboxylic acids is 1. The Hall–Kier alpha value is -1.45. The molecule has 2 rings (SSSR count). The number of carboxylic acids is 1. The van der Waals surface area contributed by atoms with Crippen LogP contribution in [0.2, 0.25) is 0 Å². The highest BCUT2D eigenvalue weighted by Crippen LogP contribution is 2.25. The van der Waals surface area contributed by atoms with E-state index in [4.69, 9.17) is 5.11 Å². The van der Waals surface area contributed by atoms with Crippen LogP contribution in [0.5, 0.6) is 0 Å². The van der Waals surface area contributed by atoms with Gasteiger partial charge in [-0.1, -0.05) is 0 Å². The van der Waals surface area contributed by atoms with Crippen molar-refractivity contribution in [1.29, 1.82) is 0 Å². The van der Waals surface area contributed by atoms with Crippen LogP contribution in [0.25, 0.3) is 0 Å². The molecular formula is C11H14N2O5S2. The van der Waals surface area contributed by atoms with Gasteiger partial charge < -0.3 is 10.4 Å². The van der Waals surface area contributed by atoms with Crippen LogP contribution < -0.4 is 5.32 Å². The van der Waals surface area contributed by atoms with Gasteiger partial charge in [0.15, 0.2) is 0 Å². The van der Waals surface area contributed by atoms with Crippen LogP contribution >= 0.6 is 11.3 Å². The molecule has 0 aliphatic carbocycles. The molecule has 1 aliphatic rings. The van der Waals surface area contributed by atoms with Crippen molar-refractivity contribution in [3.05, 3.63) is 17.0 Å². The minimum absolute atomic E-state index is 0.117. The second kappa shape index (κ2) is 5.51. The first-order valence-electron chi connectivity index (χ1n) is 5.90. The monoisotopic (exact) mass is 318 g/mol. The topological polar surface area (TPSA) is 104 Å². The van der Waals surface area contributed by atoms with Gasteiger partial charge in [0.05, 0.1) is 11.3 Å². The molecule has 2 heterocycles. The van der Waals surface area contributed by atoms with Crippen LogP contribution in [-0.2, 0) is 14.8 Å². The summed E-state index contributed by atoms with van der Waals surface area (Å²) < 4.78 is 24.3. The average molecular weight is 318 g/mol. The summed E-state index contributed by atoms with van der Waals surface area (Å²) in [5.41, 5.74) is 0. The van der Waals surface area contributed by atoms with Crippen molar-refractivity contribution in [2.45, 2.75) is 18.9 Å². The molecule has 2 N–H and O–H groups in total. The van der Waals surface area contributed by atoms with Crippen LogP contribution in [0, 0.1) is 0 Å². The Morgan fingerprint density at radius 2 is 2.15 bits per heavy atom. The van der Waals surface area contributed by atoms with Gasteiger partial charge in [-0.15, -0.1) is 11.3 Å². The number of amides is 1. The molecule has 1 atom stereocenters. The average Bonchev–Trinajstić information content (AvgIpc) is 2.95. The van der Waals surface area contributed by atoms with Gasteiger partial charge in [0.25, 0.3) is 0 Å². The molecule has 1 saturated heterocycles. The Kier molecular flexibility index (Phi) is 4.11. The highest BCUT2D eigenvalue weighted by atomic mass is 32.2. The fourth-order valence-corrected chi connectivity index (χ4v) is 4.00. The van der Waals surface area contributed by atoms with E-state index in [0.717, 1.165) is 17.6 Å². The molecule has 1 fully saturated rings. The molecule has 0 bridgehead atoms. The number of anilines is 1. The van der Waals surface area contributed by atoms with E-state index in [-0.39, 0.29) is 4.88 Å². The van der Waals surface area contributed by atoms with Crippen molar-refractivity contribution < 1.29 is 23.1 Å². The maximum atomic E-state index is 12.1. The number of rotatable bonds is 4. The molecule has 0 aromatic carbocycles. The molecule has 1 aromatic rings. The molecule has 1 amide bonds. The zero-order chi connectivity index (χ0) is 14.9. The van der Waals surface area contributed by atoms with Gasteiger partial charge in [0.2, 0.25) is 15.9 Å². The summed E-state index contributed by atoms with van der Waals surface area (Å²) >= 11 is 0.937. The maximum Gasteiger partial charge on any atom is 0.345 e. The molecule has 110 valence electrons. The largest absolute Gasteiger partial charge is 0.477 e. The number of hydrogen-bond acceptors (Lipinski definition) is 5. The first-order chi connectivity index (χ1) is 9.29.